The van der Waals surface area contributed by atoms with Gasteiger partial charge >= 0.3 is 5.97 Å². The van der Waals surface area contributed by atoms with Gasteiger partial charge in [0.05, 0.1) is 19.6 Å². The standard InChI is InChI=1S/C22H38FNO4SSi/c1-10-27-20(25)14-16-11-12-17(18(23)13-16)19(24-29(26)21(2,3)4)15-28-30(8,9)22(5,6)7/h11-13,19,24H,10,14-15H2,1-9H3. The Morgan fingerprint density at radius 2 is 1.83 bits per heavy atom. The van der Waals surface area contributed by atoms with Crippen molar-refractivity contribution in [2.24, 2.45) is 0 Å². The highest BCUT2D eigenvalue weighted by Gasteiger charge is 2.39. The van der Waals surface area contributed by atoms with Gasteiger partial charge in [0.25, 0.3) is 0 Å². The number of esters is 1. The van der Waals surface area contributed by atoms with Crippen LogP contribution in [0.4, 0.5) is 4.39 Å². The van der Waals surface area contributed by atoms with E-state index in [1.165, 1.54) is 6.07 Å². The normalized spacial score (nSPS) is 15.0. The van der Waals surface area contributed by atoms with Crippen LogP contribution in [-0.4, -0.2) is 36.8 Å². The van der Waals surface area contributed by atoms with Crippen LogP contribution in [-0.2, 0) is 31.7 Å². The van der Waals surface area contributed by atoms with E-state index in [0.717, 1.165) is 0 Å². The number of halogens is 1. The number of hydrogen-bond acceptors (Lipinski definition) is 5. The molecule has 0 aliphatic rings. The van der Waals surface area contributed by atoms with Crippen LogP contribution < -0.4 is 4.72 Å². The van der Waals surface area contributed by atoms with Crippen molar-refractivity contribution in [3.8, 4) is 0 Å². The van der Waals surface area contributed by atoms with E-state index >= 15 is 4.39 Å². The van der Waals surface area contributed by atoms with Crippen LogP contribution in [0.2, 0.25) is 18.1 Å². The fraction of sp³-hybridized carbons (Fsp3) is 0.682. The van der Waals surface area contributed by atoms with Gasteiger partial charge in [0, 0.05) is 16.9 Å². The van der Waals surface area contributed by atoms with Gasteiger partial charge in [-0.25, -0.2) is 4.39 Å². The number of rotatable bonds is 9. The topological polar surface area (TPSA) is 70.6 Å². The van der Waals surface area contributed by atoms with Crippen molar-refractivity contribution in [1.29, 1.82) is 0 Å². The highest BCUT2D eigenvalue weighted by molar-refractivity contribution is 7.90. The molecule has 0 bridgehead atoms. The fourth-order valence-corrected chi connectivity index (χ4v) is 4.17. The molecule has 30 heavy (non-hydrogen) atoms. The number of ether oxygens (including phenoxy) is 1. The third kappa shape index (κ3) is 7.96. The van der Waals surface area contributed by atoms with Gasteiger partial charge in [0.2, 0.25) is 0 Å². The maximum absolute atomic E-state index is 15.0. The van der Waals surface area contributed by atoms with Crippen LogP contribution in [0, 0.1) is 5.82 Å². The third-order valence-corrected chi connectivity index (χ3v) is 11.4. The second-order valence-electron chi connectivity index (χ2n) is 9.96. The summed E-state index contributed by atoms with van der Waals surface area (Å²) in [5.74, 6) is -0.853. The van der Waals surface area contributed by atoms with E-state index in [-0.39, 0.29) is 24.7 Å². The highest BCUT2D eigenvalue weighted by atomic mass is 32.2. The molecule has 0 spiro atoms. The SMILES string of the molecule is CCOC(=O)Cc1ccc(C(CO[Si](C)(C)C(C)(C)C)N[S+]([O-])C(C)(C)C)c(F)c1. The Kier molecular flexibility index (Phi) is 9.57. The molecule has 1 rings (SSSR count). The molecule has 2 unspecified atom stereocenters. The lowest BCUT2D eigenvalue weighted by Gasteiger charge is -2.37. The summed E-state index contributed by atoms with van der Waals surface area (Å²) in [6, 6.07) is 4.11. The number of carbonyl (C=O) groups is 1. The first-order valence-corrected chi connectivity index (χ1v) is 14.4. The summed E-state index contributed by atoms with van der Waals surface area (Å²) in [6.07, 6.45) is 0.0114. The summed E-state index contributed by atoms with van der Waals surface area (Å²) >= 11 is -1.40. The van der Waals surface area contributed by atoms with Crippen molar-refractivity contribution in [1.82, 2.24) is 4.72 Å². The molecule has 1 N–H and O–H groups in total. The average molecular weight is 460 g/mol. The Morgan fingerprint density at radius 1 is 1.23 bits per heavy atom. The van der Waals surface area contributed by atoms with E-state index in [0.29, 0.717) is 11.1 Å². The van der Waals surface area contributed by atoms with Crippen molar-refractivity contribution in [3.63, 3.8) is 0 Å². The van der Waals surface area contributed by atoms with Gasteiger partial charge in [0.1, 0.15) is 16.6 Å². The number of benzene rings is 1. The molecular weight excluding hydrogens is 421 g/mol. The van der Waals surface area contributed by atoms with Gasteiger partial charge in [-0.05, 0) is 57.5 Å². The van der Waals surface area contributed by atoms with E-state index in [1.54, 1.807) is 19.1 Å². The summed E-state index contributed by atoms with van der Waals surface area (Å²) in [7, 11) is -2.08. The molecule has 172 valence electrons. The minimum atomic E-state index is -2.08. The molecule has 1 aromatic rings. The molecule has 8 heteroatoms. The minimum absolute atomic E-state index is 0.00275. The van der Waals surface area contributed by atoms with Gasteiger partial charge in [-0.1, -0.05) is 32.9 Å². The Labute approximate surface area is 185 Å². The molecule has 5 nitrogen and oxygen atoms in total. The Hall–Kier alpha value is -0.933. The lowest BCUT2D eigenvalue weighted by molar-refractivity contribution is -0.142. The van der Waals surface area contributed by atoms with Gasteiger partial charge < -0.3 is 13.7 Å². The Morgan fingerprint density at radius 3 is 2.30 bits per heavy atom. The van der Waals surface area contributed by atoms with E-state index in [4.69, 9.17) is 9.16 Å². The van der Waals surface area contributed by atoms with Gasteiger partial charge in [-0.3, -0.25) is 4.79 Å². The van der Waals surface area contributed by atoms with Gasteiger partial charge in [0.15, 0.2) is 8.32 Å². The molecule has 0 aliphatic carbocycles. The highest BCUT2D eigenvalue weighted by Crippen LogP contribution is 2.37. The monoisotopic (exact) mass is 459 g/mol. The molecule has 1 aromatic carbocycles. The van der Waals surface area contributed by atoms with Crippen molar-refractivity contribution in [2.75, 3.05) is 13.2 Å². The third-order valence-electron chi connectivity index (χ3n) is 5.32. The first kappa shape index (κ1) is 27.1. The zero-order valence-corrected chi connectivity index (χ0v) is 21.7. The summed E-state index contributed by atoms with van der Waals surface area (Å²) in [4.78, 5) is 11.7. The molecular formula is C22H38FNO4SSi. The largest absolute Gasteiger partial charge is 0.598 e. The second-order valence-corrected chi connectivity index (χ2v) is 16.8. The molecule has 0 heterocycles. The van der Waals surface area contributed by atoms with Crippen LogP contribution in [0.3, 0.4) is 0 Å². The van der Waals surface area contributed by atoms with Crippen molar-refractivity contribution >= 4 is 25.6 Å². The Bertz CT molecular complexity index is 716. The molecule has 2 atom stereocenters. The maximum atomic E-state index is 15.0. The van der Waals surface area contributed by atoms with Crippen LogP contribution in [0.15, 0.2) is 18.2 Å². The van der Waals surface area contributed by atoms with Gasteiger partial charge in [-0.15, -0.1) is 4.72 Å². The van der Waals surface area contributed by atoms with E-state index < -0.39 is 42.3 Å². The lowest BCUT2D eigenvalue weighted by Crippen LogP contribution is -2.46. The maximum Gasteiger partial charge on any atom is 0.310 e. The van der Waals surface area contributed by atoms with Crippen molar-refractivity contribution in [3.05, 3.63) is 35.1 Å². The summed E-state index contributed by atoms with van der Waals surface area (Å²) < 4.78 is 41.5. The smallest absolute Gasteiger partial charge is 0.310 e. The van der Waals surface area contributed by atoms with Crippen LogP contribution >= 0.6 is 0 Å². The zero-order chi connectivity index (χ0) is 23.3. The summed E-state index contributed by atoms with van der Waals surface area (Å²) in [6.45, 7) is 18.5. The first-order chi connectivity index (χ1) is 13.6. The van der Waals surface area contributed by atoms with Crippen molar-refractivity contribution in [2.45, 2.75) is 83.8 Å². The number of carbonyl (C=O) groups excluding carboxylic acids is 1. The van der Waals surface area contributed by atoms with E-state index in [9.17, 15) is 9.35 Å². The fourth-order valence-electron chi connectivity index (χ4n) is 2.34. The summed E-state index contributed by atoms with van der Waals surface area (Å²) in [5, 5.41) is 0.00275. The molecule has 0 saturated heterocycles. The number of nitrogens with one attached hydrogen (secondary N) is 1. The Balaban J connectivity index is 3.13. The van der Waals surface area contributed by atoms with Gasteiger partial charge in [-0.2, -0.15) is 0 Å². The second kappa shape index (κ2) is 10.6. The molecule has 0 amide bonds. The zero-order valence-electron chi connectivity index (χ0n) is 19.8. The van der Waals surface area contributed by atoms with Crippen molar-refractivity contribution < 1.29 is 22.9 Å². The predicted molar refractivity (Wildman–Crippen MR) is 124 cm³/mol. The number of hydrogen-bond donors (Lipinski definition) is 1. The molecule has 0 fully saturated rings. The van der Waals surface area contributed by atoms with Crippen LogP contribution in [0.1, 0.15) is 65.6 Å². The van der Waals surface area contributed by atoms with E-state index in [1.807, 2.05) is 20.8 Å². The van der Waals surface area contributed by atoms with Crippen LogP contribution in [0.25, 0.3) is 0 Å². The molecule has 0 aromatic heterocycles. The molecule has 0 saturated carbocycles. The predicted octanol–water partition coefficient (Wildman–Crippen LogP) is 5.05. The quantitative estimate of drug-likeness (QED) is 0.318. The minimum Gasteiger partial charge on any atom is -0.598 e. The summed E-state index contributed by atoms with van der Waals surface area (Å²) in [5.41, 5.74) is 0.912. The average Bonchev–Trinajstić information content (AvgIpc) is 2.57. The molecule has 0 aliphatic heterocycles. The molecule has 0 radical (unpaired) electrons. The van der Waals surface area contributed by atoms with Crippen LogP contribution in [0.5, 0.6) is 0 Å². The van der Waals surface area contributed by atoms with E-state index in [2.05, 4.69) is 38.6 Å². The first-order valence-electron chi connectivity index (χ1n) is 10.3. The lowest BCUT2D eigenvalue weighted by atomic mass is 10.0.